The van der Waals surface area contributed by atoms with Crippen molar-refractivity contribution in [2.45, 2.75) is 50.1 Å². The summed E-state index contributed by atoms with van der Waals surface area (Å²) in [5.74, 6) is 1.44. The molecule has 2 rings (SSSR count). The third-order valence-electron chi connectivity index (χ3n) is 3.64. The molecule has 0 aliphatic heterocycles. The molecule has 1 aromatic rings. The van der Waals surface area contributed by atoms with Crippen molar-refractivity contribution in [3.63, 3.8) is 0 Å². The Morgan fingerprint density at radius 3 is 2.50 bits per heavy atom. The molecular weight excluding hydrogens is 274 g/mol. The first kappa shape index (κ1) is 13.8. The van der Waals surface area contributed by atoms with Gasteiger partial charge in [-0.05, 0) is 12.3 Å². The van der Waals surface area contributed by atoms with Crippen molar-refractivity contribution in [3.05, 3.63) is 5.82 Å². The third kappa shape index (κ3) is 3.23. The van der Waals surface area contributed by atoms with Gasteiger partial charge in [-0.3, -0.25) is 0 Å². The van der Waals surface area contributed by atoms with Crippen LogP contribution in [0.25, 0.3) is 0 Å². The van der Waals surface area contributed by atoms with Gasteiger partial charge >= 0.3 is 0 Å². The highest BCUT2D eigenvalue weighted by Crippen LogP contribution is 2.27. The lowest BCUT2D eigenvalue weighted by atomic mass is 9.86. The molecule has 1 heterocycles. The number of rotatable bonds is 4. The summed E-state index contributed by atoms with van der Waals surface area (Å²) in [5.41, 5.74) is 0. The Balaban J connectivity index is 2.00. The van der Waals surface area contributed by atoms with E-state index in [0.29, 0.717) is 5.82 Å². The highest BCUT2D eigenvalue weighted by Gasteiger charge is 2.21. The summed E-state index contributed by atoms with van der Waals surface area (Å²) >= 11 is 0. The molecule has 1 fully saturated rings. The molecular formula is C11H18ClN3O2S. The van der Waals surface area contributed by atoms with E-state index < -0.39 is 9.05 Å². The predicted octanol–water partition coefficient (Wildman–Crippen LogP) is 2.26. The maximum Gasteiger partial charge on any atom is 0.296 e. The Morgan fingerprint density at radius 1 is 1.28 bits per heavy atom. The third-order valence-corrected chi connectivity index (χ3v) is 4.85. The highest BCUT2D eigenvalue weighted by molar-refractivity contribution is 8.13. The maximum atomic E-state index is 11.2. The molecule has 1 aliphatic carbocycles. The van der Waals surface area contributed by atoms with Crippen LogP contribution in [0.15, 0.2) is 5.16 Å². The van der Waals surface area contributed by atoms with Gasteiger partial charge in [-0.25, -0.2) is 8.42 Å². The van der Waals surface area contributed by atoms with E-state index in [9.17, 15) is 8.42 Å². The minimum absolute atomic E-state index is 0.164. The number of hydrogen-bond donors (Lipinski definition) is 0. The lowest BCUT2D eigenvalue weighted by Crippen LogP contribution is -2.10. The number of halogens is 1. The SMILES string of the molecule is Cn1c(CCC2CCCCC2)nnc1S(=O)(=O)Cl. The van der Waals surface area contributed by atoms with Gasteiger partial charge in [0.1, 0.15) is 5.82 Å². The van der Waals surface area contributed by atoms with Gasteiger partial charge in [-0.1, -0.05) is 32.1 Å². The monoisotopic (exact) mass is 291 g/mol. The number of hydrogen-bond acceptors (Lipinski definition) is 4. The van der Waals surface area contributed by atoms with E-state index in [0.717, 1.165) is 18.8 Å². The normalized spacial score (nSPS) is 18.1. The van der Waals surface area contributed by atoms with E-state index in [1.54, 1.807) is 7.05 Å². The van der Waals surface area contributed by atoms with E-state index in [4.69, 9.17) is 10.7 Å². The van der Waals surface area contributed by atoms with Crippen molar-refractivity contribution >= 4 is 19.7 Å². The predicted molar refractivity (Wildman–Crippen MR) is 68.9 cm³/mol. The standard InChI is InChI=1S/C11H18ClN3O2S/c1-15-10(13-14-11(15)18(12,16)17)8-7-9-5-3-2-4-6-9/h9H,2-8H2,1H3. The number of nitrogens with zero attached hydrogens (tertiary/aromatic N) is 3. The molecule has 1 saturated carbocycles. The molecule has 0 spiro atoms. The molecule has 7 heteroatoms. The van der Waals surface area contributed by atoms with Gasteiger partial charge in [0.2, 0.25) is 0 Å². The molecule has 0 N–H and O–H groups in total. The molecule has 0 unspecified atom stereocenters. The van der Waals surface area contributed by atoms with E-state index in [-0.39, 0.29) is 5.16 Å². The summed E-state index contributed by atoms with van der Waals surface area (Å²) in [5, 5.41) is 7.40. The van der Waals surface area contributed by atoms with Crippen LogP contribution in [0.2, 0.25) is 0 Å². The second kappa shape index (κ2) is 5.57. The Hall–Kier alpha value is -0.620. The summed E-state index contributed by atoms with van der Waals surface area (Å²) in [6.07, 6.45) is 8.33. The average Bonchev–Trinajstić information content (AvgIpc) is 2.69. The lowest BCUT2D eigenvalue weighted by Gasteiger charge is -2.20. The van der Waals surface area contributed by atoms with Crippen LogP contribution in [0.3, 0.4) is 0 Å². The van der Waals surface area contributed by atoms with Crippen molar-refractivity contribution < 1.29 is 8.42 Å². The van der Waals surface area contributed by atoms with Crippen LogP contribution in [0.1, 0.15) is 44.3 Å². The average molecular weight is 292 g/mol. The van der Waals surface area contributed by atoms with Crippen LogP contribution in [0.4, 0.5) is 0 Å². The summed E-state index contributed by atoms with van der Waals surface area (Å²) in [6, 6.07) is 0. The minimum atomic E-state index is -3.79. The molecule has 0 aromatic carbocycles. The van der Waals surface area contributed by atoms with Crippen LogP contribution in [-0.4, -0.2) is 23.2 Å². The summed E-state index contributed by atoms with van der Waals surface area (Å²) in [7, 11) is 3.12. The lowest BCUT2D eigenvalue weighted by molar-refractivity contribution is 0.336. The van der Waals surface area contributed by atoms with E-state index in [1.165, 1.54) is 36.7 Å². The smallest absolute Gasteiger partial charge is 0.296 e. The van der Waals surface area contributed by atoms with Crippen LogP contribution < -0.4 is 0 Å². The molecule has 18 heavy (non-hydrogen) atoms. The minimum Gasteiger partial charge on any atom is -0.304 e. The Bertz CT molecular complexity index is 506. The van der Waals surface area contributed by atoms with Crippen LogP contribution in [-0.2, 0) is 22.5 Å². The maximum absolute atomic E-state index is 11.2. The fraction of sp³-hybridized carbons (Fsp3) is 0.818. The van der Waals surface area contributed by atoms with Gasteiger partial charge in [0.05, 0.1) is 0 Å². The van der Waals surface area contributed by atoms with Gasteiger partial charge in [0.15, 0.2) is 0 Å². The second-order valence-corrected chi connectivity index (χ2v) is 7.40. The molecule has 1 aliphatic rings. The topological polar surface area (TPSA) is 64.8 Å². The second-order valence-electron chi connectivity index (χ2n) is 4.94. The molecule has 0 bridgehead atoms. The molecule has 1 aromatic heterocycles. The first-order valence-corrected chi connectivity index (χ1v) is 8.62. The van der Waals surface area contributed by atoms with Gasteiger partial charge in [-0.15, -0.1) is 10.2 Å². The number of aryl methyl sites for hydroxylation is 1. The molecule has 102 valence electrons. The van der Waals surface area contributed by atoms with Crippen molar-refractivity contribution in [1.29, 1.82) is 0 Å². The van der Waals surface area contributed by atoms with Crippen LogP contribution >= 0.6 is 10.7 Å². The molecule has 0 saturated heterocycles. The van der Waals surface area contributed by atoms with Crippen molar-refractivity contribution in [3.8, 4) is 0 Å². The molecule has 5 nitrogen and oxygen atoms in total. The molecule has 0 amide bonds. The van der Waals surface area contributed by atoms with Crippen molar-refractivity contribution in [1.82, 2.24) is 14.8 Å². The zero-order valence-corrected chi connectivity index (χ0v) is 12.0. The van der Waals surface area contributed by atoms with Crippen LogP contribution in [0, 0.1) is 5.92 Å². The highest BCUT2D eigenvalue weighted by atomic mass is 35.7. The number of aromatic nitrogens is 3. The molecule has 0 radical (unpaired) electrons. The quantitative estimate of drug-likeness (QED) is 0.798. The largest absolute Gasteiger partial charge is 0.304 e. The zero-order chi connectivity index (χ0) is 13.2. The molecule has 0 atom stereocenters. The van der Waals surface area contributed by atoms with Gasteiger partial charge in [0, 0.05) is 24.2 Å². The van der Waals surface area contributed by atoms with Crippen LogP contribution in [0.5, 0.6) is 0 Å². The van der Waals surface area contributed by atoms with E-state index in [1.807, 2.05) is 0 Å². The fourth-order valence-electron chi connectivity index (χ4n) is 2.58. The van der Waals surface area contributed by atoms with Crippen molar-refractivity contribution in [2.24, 2.45) is 13.0 Å². The van der Waals surface area contributed by atoms with Gasteiger partial charge in [0.25, 0.3) is 14.2 Å². The first-order valence-electron chi connectivity index (χ1n) is 6.31. The Morgan fingerprint density at radius 2 is 1.94 bits per heavy atom. The Kier molecular flexibility index (Phi) is 4.27. The van der Waals surface area contributed by atoms with E-state index in [2.05, 4.69) is 10.2 Å². The van der Waals surface area contributed by atoms with Crippen molar-refractivity contribution in [2.75, 3.05) is 0 Å². The fourth-order valence-corrected chi connectivity index (χ4v) is 3.56. The zero-order valence-electron chi connectivity index (χ0n) is 10.5. The summed E-state index contributed by atoms with van der Waals surface area (Å²) in [4.78, 5) is 0. The Labute approximate surface area is 112 Å². The van der Waals surface area contributed by atoms with E-state index >= 15 is 0 Å². The van der Waals surface area contributed by atoms with Gasteiger partial charge < -0.3 is 4.57 Å². The van der Waals surface area contributed by atoms with Gasteiger partial charge in [-0.2, -0.15) is 0 Å². The summed E-state index contributed by atoms with van der Waals surface area (Å²) < 4.78 is 23.9. The summed E-state index contributed by atoms with van der Waals surface area (Å²) in [6.45, 7) is 0. The first-order chi connectivity index (χ1) is 8.48.